The average Bonchev–Trinajstić information content (AvgIpc) is 3.89. The predicted octanol–water partition coefficient (Wildman–Crippen LogP) is 14.4. The summed E-state index contributed by atoms with van der Waals surface area (Å²) in [5.74, 6) is 0.297. The summed E-state index contributed by atoms with van der Waals surface area (Å²) in [4.78, 5) is 0. The van der Waals surface area contributed by atoms with E-state index in [1.807, 2.05) is 0 Å². The second-order valence-corrected chi connectivity index (χ2v) is 15.2. The van der Waals surface area contributed by atoms with Crippen LogP contribution in [0.5, 0.6) is 0 Å². The van der Waals surface area contributed by atoms with Crippen LogP contribution in [0.3, 0.4) is 0 Å². The lowest BCUT2D eigenvalue weighted by Gasteiger charge is -2.17. The molecule has 2 unspecified atom stereocenters. The standard InChI is InChI=1S/C54H34O/c1-2-11-33(12-3-1)36-15-10-16-39(27-36)53-43-19-7-6-17-41(43)46-29-37(23-25-44(46)53)38-24-26-45-47(30-38)48-31-49-42-18-8-9-20-51(42)55-52(49)32-50(48)54(45)40-22-21-34-13-4-5-14-35(34)28-40/h1-32,53-54H. The van der Waals surface area contributed by atoms with Gasteiger partial charge in [0.1, 0.15) is 11.2 Å². The van der Waals surface area contributed by atoms with Gasteiger partial charge in [-0.1, -0.05) is 164 Å². The zero-order valence-electron chi connectivity index (χ0n) is 30.0. The van der Waals surface area contributed by atoms with Gasteiger partial charge in [-0.15, -0.1) is 0 Å². The van der Waals surface area contributed by atoms with Crippen LogP contribution >= 0.6 is 0 Å². The lowest BCUT2D eigenvalue weighted by molar-refractivity contribution is 0.668. The molecule has 0 spiro atoms. The first-order valence-corrected chi connectivity index (χ1v) is 19.2. The molecule has 0 amide bonds. The summed E-state index contributed by atoms with van der Waals surface area (Å²) in [7, 11) is 0. The molecule has 0 saturated heterocycles. The van der Waals surface area contributed by atoms with Crippen LogP contribution in [0.1, 0.15) is 45.2 Å². The molecule has 0 N–H and O–H groups in total. The molecule has 1 heteroatoms. The van der Waals surface area contributed by atoms with Gasteiger partial charge in [0.2, 0.25) is 0 Å². The van der Waals surface area contributed by atoms with Gasteiger partial charge in [0.25, 0.3) is 0 Å². The first-order valence-electron chi connectivity index (χ1n) is 19.2. The summed E-state index contributed by atoms with van der Waals surface area (Å²) in [5, 5.41) is 4.85. The van der Waals surface area contributed by atoms with Crippen LogP contribution in [0.15, 0.2) is 199 Å². The molecule has 0 radical (unpaired) electrons. The molecule has 0 bridgehead atoms. The predicted molar refractivity (Wildman–Crippen MR) is 228 cm³/mol. The van der Waals surface area contributed by atoms with Crippen molar-refractivity contribution in [2.75, 3.05) is 0 Å². The second-order valence-electron chi connectivity index (χ2n) is 15.2. The van der Waals surface area contributed by atoms with E-state index >= 15 is 0 Å². The zero-order valence-corrected chi connectivity index (χ0v) is 30.0. The number of fused-ring (bicyclic) bond motifs is 10. The molecule has 1 nitrogen and oxygen atoms in total. The van der Waals surface area contributed by atoms with Crippen molar-refractivity contribution in [1.29, 1.82) is 0 Å². The second kappa shape index (κ2) is 11.8. The molecule has 256 valence electrons. The molecular formula is C54H34O. The Kier molecular flexibility index (Phi) is 6.53. The van der Waals surface area contributed by atoms with Crippen LogP contribution in [-0.4, -0.2) is 0 Å². The minimum absolute atomic E-state index is 0.112. The van der Waals surface area contributed by atoms with Crippen molar-refractivity contribution < 1.29 is 4.42 Å². The molecule has 9 aromatic carbocycles. The average molecular weight is 699 g/mol. The highest BCUT2D eigenvalue weighted by atomic mass is 16.3. The van der Waals surface area contributed by atoms with Gasteiger partial charge in [-0.25, -0.2) is 0 Å². The molecule has 0 aliphatic heterocycles. The third-order valence-electron chi connectivity index (χ3n) is 12.2. The number of para-hydroxylation sites is 1. The van der Waals surface area contributed by atoms with Crippen LogP contribution in [-0.2, 0) is 0 Å². The Balaban J connectivity index is 1.01. The normalized spacial score (nSPS) is 15.3. The lowest BCUT2D eigenvalue weighted by atomic mass is 9.86. The van der Waals surface area contributed by atoms with Crippen molar-refractivity contribution in [1.82, 2.24) is 0 Å². The third kappa shape index (κ3) is 4.66. The molecule has 1 aromatic heterocycles. The highest BCUT2D eigenvalue weighted by Crippen LogP contribution is 2.53. The summed E-state index contributed by atoms with van der Waals surface area (Å²) in [6.07, 6.45) is 0. The smallest absolute Gasteiger partial charge is 0.135 e. The van der Waals surface area contributed by atoms with Crippen molar-refractivity contribution in [2.45, 2.75) is 11.8 Å². The molecule has 0 saturated carbocycles. The van der Waals surface area contributed by atoms with E-state index in [-0.39, 0.29) is 11.8 Å². The topological polar surface area (TPSA) is 13.1 Å². The van der Waals surface area contributed by atoms with Crippen molar-refractivity contribution in [3.05, 3.63) is 228 Å². The Labute approximate surface area is 319 Å². The van der Waals surface area contributed by atoms with Gasteiger partial charge in [-0.3, -0.25) is 0 Å². The third-order valence-corrected chi connectivity index (χ3v) is 12.2. The largest absolute Gasteiger partial charge is 0.456 e. The van der Waals surface area contributed by atoms with Gasteiger partial charge in [-0.2, -0.15) is 0 Å². The minimum Gasteiger partial charge on any atom is -0.456 e. The first kappa shape index (κ1) is 30.5. The Morgan fingerprint density at radius 3 is 1.76 bits per heavy atom. The molecule has 2 aliphatic carbocycles. The van der Waals surface area contributed by atoms with E-state index in [4.69, 9.17) is 4.42 Å². The van der Waals surface area contributed by atoms with Gasteiger partial charge in [0.15, 0.2) is 0 Å². The van der Waals surface area contributed by atoms with Crippen molar-refractivity contribution in [2.24, 2.45) is 0 Å². The van der Waals surface area contributed by atoms with Crippen LogP contribution in [0, 0.1) is 0 Å². The molecular weight excluding hydrogens is 665 g/mol. The van der Waals surface area contributed by atoms with E-state index < -0.39 is 0 Å². The maximum Gasteiger partial charge on any atom is 0.135 e. The number of benzene rings is 9. The SMILES string of the molecule is c1ccc(-c2cccc(C3c4ccccc4-c4cc(-c5ccc6c(c5)-c5cc7c(cc5C6c5ccc6ccccc6c5)oc5ccccc57)ccc43)c2)cc1. The fraction of sp³-hybridized carbons (Fsp3) is 0.0370. The molecule has 2 atom stereocenters. The molecule has 1 heterocycles. The summed E-state index contributed by atoms with van der Waals surface area (Å²) < 4.78 is 6.46. The lowest BCUT2D eigenvalue weighted by Crippen LogP contribution is -2.00. The highest BCUT2D eigenvalue weighted by molar-refractivity contribution is 6.08. The molecule has 10 aromatic rings. The van der Waals surface area contributed by atoms with Gasteiger partial charge < -0.3 is 4.42 Å². The van der Waals surface area contributed by atoms with E-state index in [1.165, 1.54) is 94.0 Å². The van der Waals surface area contributed by atoms with Crippen LogP contribution < -0.4 is 0 Å². The zero-order chi connectivity index (χ0) is 36.0. The van der Waals surface area contributed by atoms with Crippen LogP contribution in [0.4, 0.5) is 0 Å². The molecule has 12 rings (SSSR count). The summed E-state index contributed by atoms with van der Waals surface area (Å²) in [5.41, 5.74) is 20.1. The fourth-order valence-electron chi connectivity index (χ4n) is 9.66. The maximum atomic E-state index is 6.46. The number of rotatable bonds is 4. The van der Waals surface area contributed by atoms with E-state index in [2.05, 4.69) is 194 Å². The first-order chi connectivity index (χ1) is 27.2. The summed E-state index contributed by atoms with van der Waals surface area (Å²) in [6, 6.07) is 71.8. The van der Waals surface area contributed by atoms with Crippen molar-refractivity contribution >= 4 is 32.7 Å². The van der Waals surface area contributed by atoms with Gasteiger partial charge in [0, 0.05) is 22.6 Å². The maximum absolute atomic E-state index is 6.46. The minimum atomic E-state index is 0.112. The van der Waals surface area contributed by atoms with Gasteiger partial charge in [0.05, 0.1) is 0 Å². The van der Waals surface area contributed by atoms with E-state index in [0.717, 1.165) is 16.6 Å². The van der Waals surface area contributed by atoms with Crippen molar-refractivity contribution in [3.8, 4) is 44.5 Å². The molecule has 0 fully saturated rings. The Bertz CT molecular complexity index is 3160. The van der Waals surface area contributed by atoms with Crippen LogP contribution in [0.2, 0.25) is 0 Å². The van der Waals surface area contributed by atoms with E-state index in [1.54, 1.807) is 0 Å². The summed E-state index contributed by atoms with van der Waals surface area (Å²) >= 11 is 0. The molecule has 2 aliphatic rings. The fourth-order valence-corrected chi connectivity index (χ4v) is 9.66. The van der Waals surface area contributed by atoms with Gasteiger partial charge in [-0.05, 0) is 119 Å². The van der Waals surface area contributed by atoms with E-state index in [0.29, 0.717) is 0 Å². The van der Waals surface area contributed by atoms with E-state index in [9.17, 15) is 0 Å². The Morgan fingerprint density at radius 2 is 0.909 bits per heavy atom. The molecule has 55 heavy (non-hydrogen) atoms. The quantitative estimate of drug-likeness (QED) is 0.178. The summed E-state index contributed by atoms with van der Waals surface area (Å²) in [6.45, 7) is 0. The Hall–Kier alpha value is -6.96. The van der Waals surface area contributed by atoms with Crippen LogP contribution in [0.25, 0.3) is 77.2 Å². The number of hydrogen-bond donors (Lipinski definition) is 0. The number of hydrogen-bond acceptors (Lipinski definition) is 1. The highest BCUT2D eigenvalue weighted by Gasteiger charge is 2.33. The van der Waals surface area contributed by atoms with Gasteiger partial charge >= 0.3 is 0 Å². The van der Waals surface area contributed by atoms with Crippen molar-refractivity contribution in [3.63, 3.8) is 0 Å². The number of furan rings is 1. The Morgan fingerprint density at radius 1 is 0.291 bits per heavy atom. The monoisotopic (exact) mass is 698 g/mol.